The van der Waals surface area contributed by atoms with E-state index in [9.17, 15) is 0 Å². The summed E-state index contributed by atoms with van der Waals surface area (Å²) in [6.45, 7) is 6.56. The molecule has 1 fully saturated rings. The zero-order valence-corrected chi connectivity index (χ0v) is 11.6. The second-order valence-electron chi connectivity index (χ2n) is 5.12. The monoisotopic (exact) mass is 258 g/mol. The van der Waals surface area contributed by atoms with Gasteiger partial charge in [0.15, 0.2) is 0 Å². The summed E-state index contributed by atoms with van der Waals surface area (Å²) in [6, 6.07) is 6.58. The van der Waals surface area contributed by atoms with Gasteiger partial charge in [-0.05, 0) is 45.0 Å². The maximum absolute atomic E-state index is 9.00. The van der Waals surface area contributed by atoms with Gasteiger partial charge in [-0.1, -0.05) is 13.0 Å². The van der Waals surface area contributed by atoms with E-state index in [1.165, 1.54) is 38.9 Å². The van der Waals surface area contributed by atoms with Gasteiger partial charge in [0.1, 0.15) is 11.8 Å². The molecule has 0 aromatic carbocycles. The predicted octanol–water partition coefficient (Wildman–Crippen LogP) is 1.92. The third-order valence-electron chi connectivity index (χ3n) is 3.71. The van der Waals surface area contributed by atoms with Crippen LogP contribution in [0.4, 0.5) is 0 Å². The summed E-state index contributed by atoms with van der Waals surface area (Å²) in [6.07, 6.45) is 5.30. The number of nitrogens with one attached hydrogen (secondary N) is 1. The summed E-state index contributed by atoms with van der Waals surface area (Å²) in [7, 11) is 0. The minimum Gasteiger partial charge on any atom is -0.310 e. The van der Waals surface area contributed by atoms with Crippen molar-refractivity contribution >= 4 is 0 Å². The molecular formula is C15H22N4. The molecule has 102 valence electrons. The highest BCUT2D eigenvalue weighted by atomic mass is 15.1. The number of likely N-dealkylation sites (tertiary alicyclic amines) is 1. The Labute approximate surface area is 115 Å². The molecule has 1 aliphatic heterocycles. The van der Waals surface area contributed by atoms with Crippen LogP contribution in [0.3, 0.4) is 0 Å². The van der Waals surface area contributed by atoms with E-state index in [2.05, 4.69) is 28.2 Å². The van der Waals surface area contributed by atoms with Crippen LogP contribution in [-0.4, -0.2) is 35.6 Å². The Morgan fingerprint density at radius 2 is 2.26 bits per heavy atom. The van der Waals surface area contributed by atoms with E-state index in [1.807, 2.05) is 12.1 Å². The molecular weight excluding hydrogens is 236 g/mol. The van der Waals surface area contributed by atoms with Crippen molar-refractivity contribution in [2.45, 2.75) is 38.8 Å². The number of pyridine rings is 1. The fraction of sp³-hybridized carbons (Fsp3) is 0.600. The van der Waals surface area contributed by atoms with Gasteiger partial charge < -0.3 is 10.2 Å². The van der Waals surface area contributed by atoms with Crippen LogP contribution in [0.5, 0.6) is 0 Å². The lowest BCUT2D eigenvalue weighted by molar-refractivity contribution is 0.197. The Kier molecular flexibility index (Phi) is 5.31. The summed E-state index contributed by atoms with van der Waals surface area (Å²) in [5.74, 6) is 0. The number of hydrogen-bond donors (Lipinski definition) is 1. The van der Waals surface area contributed by atoms with Gasteiger partial charge >= 0.3 is 0 Å². The van der Waals surface area contributed by atoms with Gasteiger partial charge in [-0.2, -0.15) is 5.26 Å². The van der Waals surface area contributed by atoms with Gasteiger partial charge in [-0.25, -0.2) is 4.98 Å². The summed E-state index contributed by atoms with van der Waals surface area (Å²) >= 11 is 0. The van der Waals surface area contributed by atoms with E-state index in [1.54, 1.807) is 6.20 Å². The lowest BCUT2D eigenvalue weighted by Crippen LogP contribution is -2.42. The second kappa shape index (κ2) is 7.22. The first-order valence-electron chi connectivity index (χ1n) is 7.13. The van der Waals surface area contributed by atoms with Gasteiger partial charge in [0, 0.05) is 24.3 Å². The van der Waals surface area contributed by atoms with Crippen LogP contribution in [-0.2, 0) is 6.54 Å². The molecule has 1 aliphatic rings. The molecule has 2 heterocycles. The van der Waals surface area contributed by atoms with E-state index in [-0.39, 0.29) is 0 Å². The fourth-order valence-corrected chi connectivity index (χ4v) is 2.61. The van der Waals surface area contributed by atoms with Crippen molar-refractivity contribution in [2.24, 2.45) is 0 Å². The molecule has 4 nitrogen and oxygen atoms in total. The summed E-state index contributed by atoms with van der Waals surface area (Å²) in [5.41, 5.74) is 1.54. The Balaban J connectivity index is 1.79. The van der Waals surface area contributed by atoms with Crippen molar-refractivity contribution in [3.8, 4) is 6.07 Å². The molecule has 19 heavy (non-hydrogen) atoms. The van der Waals surface area contributed by atoms with E-state index >= 15 is 0 Å². The number of nitriles is 1. The highest BCUT2D eigenvalue weighted by Crippen LogP contribution is 2.12. The van der Waals surface area contributed by atoms with Gasteiger partial charge in [0.05, 0.1) is 0 Å². The summed E-state index contributed by atoms with van der Waals surface area (Å²) in [4.78, 5) is 6.62. The highest BCUT2D eigenvalue weighted by Gasteiger charge is 2.18. The van der Waals surface area contributed by atoms with Crippen LogP contribution in [0.25, 0.3) is 0 Å². The third-order valence-corrected chi connectivity index (χ3v) is 3.71. The number of piperidine rings is 1. The first-order valence-corrected chi connectivity index (χ1v) is 7.13. The summed E-state index contributed by atoms with van der Waals surface area (Å²) < 4.78 is 0. The first-order chi connectivity index (χ1) is 9.33. The van der Waals surface area contributed by atoms with Crippen molar-refractivity contribution in [3.05, 3.63) is 29.6 Å². The lowest BCUT2D eigenvalue weighted by atomic mass is 10.0. The minimum atomic E-state index is 0.540. The summed E-state index contributed by atoms with van der Waals surface area (Å²) in [5, 5.41) is 12.6. The molecule has 0 radical (unpaired) electrons. The Hall–Kier alpha value is -1.44. The van der Waals surface area contributed by atoms with Crippen molar-refractivity contribution in [1.29, 1.82) is 5.26 Å². The molecule has 0 amide bonds. The molecule has 0 bridgehead atoms. The minimum absolute atomic E-state index is 0.540. The highest BCUT2D eigenvalue weighted by molar-refractivity contribution is 5.30. The molecule has 1 saturated heterocycles. The van der Waals surface area contributed by atoms with Crippen molar-refractivity contribution < 1.29 is 0 Å². The van der Waals surface area contributed by atoms with Gasteiger partial charge in [0.2, 0.25) is 0 Å². The molecule has 0 spiro atoms. The van der Waals surface area contributed by atoms with E-state index in [0.29, 0.717) is 11.7 Å². The number of rotatable bonds is 5. The fourth-order valence-electron chi connectivity index (χ4n) is 2.61. The average molecular weight is 258 g/mol. The van der Waals surface area contributed by atoms with Crippen LogP contribution >= 0.6 is 0 Å². The zero-order chi connectivity index (χ0) is 13.5. The molecule has 2 rings (SSSR count). The van der Waals surface area contributed by atoms with Crippen LogP contribution in [0, 0.1) is 11.3 Å². The van der Waals surface area contributed by atoms with Gasteiger partial charge in [-0.3, -0.25) is 0 Å². The zero-order valence-electron chi connectivity index (χ0n) is 11.6. The van der Waals surface area contributed by atoms with Crippen molar-refractivity contribution in [2.75, 3.05) is 19.6 Å². The van der Waals surface area contributed by atoms with E-state index < -0.39 is 0 Å². The molecule has 0 atom stereocenters. The van der Waals surface area contributed by atoms with Crippen LogP contribution in [0.1, 0.15) is 37.4 Å². The van der Waals surface area contributed by atoms with E-state index in [4.69, 9.17) is 5.26 Å². The maximum atomic E-state index is 9.00. The lowest BCUT2D eigenvalue weighted by Gasteiger charge is -2.32. The molecule has 0 aliphatic carbocycles. The Morgan fingerprint density at radius 3 is 2.95 bits per heavy atom. The quantitative estimate of drug-likeness (QED) is 0.876. The van der Waals surface area contributed by atoms with E-state index in [0.717, 1.165) is 12.1 Å². The molecule has 0 saturated carbocycles. The standard InChI is InChI=1S/C15H22N4/c1-2-8-19-9-5-14(6-10-19)18-12-13-4-3-7-17-15(13)11-16/h3-4,7,14,18H,2,5-6,8-10,12H2,1H3. The third kappa shape index (κ3) is 4.02. The SMILES string of the molecule is CCCN1CCC(NCc2cccnc2C#N)CC1. The second-order valence-corrected chi connectivity index (χ2v) is 5.12. The predicted molar refractivity (Wildman–Crippen MR) is 75.5 cm³/mol. The molecule has 0 unspecified atom stereocenters. The van der Waals surface area contributed by atoms with Crippen molar-refractivity contribution in [1.82, 2.24) is 15.2 Å². The largest absolute Gasteiger partial charge is 0.310 e. The molecule has 1 aromatic heterocycles. The normalized spacial score (nSPS) is 17.3. The topological polar surface area (TPSA) is 52.0 Å². The maximum Gasteiger partial charge on any atom is 0.144 e. The van der Waals surface area contributed by atoms with Crippen LogP contribution in [0.2, 0.25) is 0 Å². The molecule has 1 N–H and O–H groups in total. The Bertz CT molecular complexity index is 430. The first kappa shape index (κ1) is 14.0. The van der Waals surface area contributed by atoms with Gasteiger partial charge in [-0.15, -0.1) is 0 Å². The average Bonchev–Trinajstić information content (AvgIpc) is 2.47. The number of nitrogens with zero attached hydrogens (tertiary/aromatic N) is 3. The van der Waals surface area contributed by atoms with Crippen LogP contribution < -0.4 is 5.32 Å². The number of aromatic nitrogens is 1. The number of hydrogen-bond acceptors (Lipinski definition) is 4. The molecule has 1 aromatic rings. The smallest absolute Gasteiger partial charge is 0.144 e. The molecule has 4 heteroatoms. The van der Waals surface area contributed by atoms with Gasteiger partial charge in [0.25, 0.3) is 0 Å². The van der Waals surface area contributed by atoms with Crippen molar-refractivity contribution in [3.63, 3.8) is 0 Å². The Morgan fingerprint density at radius 1 is 1.47 bits per heavy atom. The van der Waals surface area contributed by atoms with Crippen LogP contribution in [0.15, 0.2) is 18.3 Å².